The molecule has 0 saturated carbocycles. The van der Waals surface area contributed by atoms with Gasteiger partial charge in [0.15, 0.2) is 5.78 Å². The molecular weight excluding hydrogens is 304 g/mol. The SMILES string of the molecule is CCC(=O)c1c(C)nn(Cc2ccccc2Br)c1C. The van der Waals surface area contributed by atoms with E-state index in [1.165, 1.54) is 0 Å². The van der Waals surface area contributed by atoms with Crippen molar-refractivity contribution in [2.45, 2.75) is 33.7 Å². The van der Waals surface area contributed by atoms with Crippen LogP contribution < -0.4 is 0 Å². The van der Waals surface area contributed by atoms with Crippen LogP contribution in [0.5, 0.6) is 0 Å². The van der Waals surface area contributed by atoms with Crippen LogP contribution >= 0.6 is 15.9 Å². The Morgan fingerprint density at radius 3 is 2.63 bits per heavy atom. The zero-order valence-electron chi connectivity index (χ0n) is 11.4. The van der Waals surface area contributed by atoms with E-state index in [1.807, 2.05) is 43.7 Å². The second-order valence-corrected chi connectivity index (χ2v) is 5.43. The van der Waals surface area contributed by atoms with Gasteiger partial charge in [-0.2, -0.15) is 5.10 Å². The molecule has 0 fully saturated rings. The molecule has 1 aromatic carbocycles. The molecule has 0 unspecified atom stereocenters. The van der Waals surface area contributed by atoms with Crippen LogP contribution in [-0.4, -0.2) is 15.6 Å². The van der Waals surface area contributed by atoms with E-state index < -0.39 is 0 Å². The molecule has 0 aliphatic heterocycles. The number of rotatable bonds is 4. The van der Waals surface area contributed by atoms with E-state index in [-0.39, 0.29) is 5.78 Å². The molecule has 2 aromatic rings. The van der Waals surface area contributed by atoms with Crippen molar-refractivity contribution in [1.29, 1.82) is 0 Å². The molecular formula is C15H17BrN2O. The van der Waals surface area contributed by atoms with Crippen molar-refractivity contribution >= 4 is 21.7 Å². The highest BCUT2D eigenvalue weighted by atomic mass is 79.9. The van der Waals surface area contributed by atoms with Crippen LogP contribution in [0.15, 0.2) is 28.7 Å². The number of benzene rings is 1. The summed E-state index contributed by atoms with van der Waals surface area (Å²) in [6.07, 6.45) is 0.516. The van der Waals surface area contributed by atoms with Gasteiger partial charge in [0.05, 0.1) is 17.8 Å². The Kier molecular flexibility index (Phi) is 4.20. The molecule has 0 radical (unpaired) electrons. The minimum absolute atomic E-state index is 0.161. The van der Waals surface area contributed by atoms with Crippen LogP contribution in [0.25, 0.3) is 0 Å². The lowest BCUT2D eigenvalue weighted by Gasteiger charge is -2.07. The lowest BCUT2D eigenvalue weighted by atomic mass is 10.1. The van der Waals surface area contributed by atoms with E-state index in [0.29, 0.717) is 13.0 Å². The molecule has 0 bridgehead atoms. The number of hydrogen-bond donors (Lipinski definition) is 0. The molecule has 19 heavy (non-hydrogen) atoms. The monoisotopic (exact) mass is 320 g/mol. The van der Waals surface area contributed by atoms with Gasteiger partial charge >= 0.3 is 0 Å². The first kappa shape index (κ1) is 14.0. The second-order valence-electron chi connectivity index (χ2n) is 4.57. The van der Waals surface area contributed by atoms with E-state index in [9.17, 15) is 4.79 Å². The summed E-state index contributed by atoms with van der Waals surface area (Å²) < 4.78 is 2.96. The van der Waals surface area contributed by atoms with Gasteiger partial charge in [-0.05, 0) is 25.5 Å². The number of ketones is 1. The molecule has 100 valence electrons. The number of carbonyl (C=O) groups is 1. The van der Waals surface area contributed by atoms with E-state index in [2.05, 4.69) is 27.1 Å². The Hall–Kier alpha value is -1.42. The third-order valence-electron chi connectivity index (χ3n) is 3.26. The predicted molar refractivity (Wildman–Crippen MR) is 79.6 cm³/mol. The van der Waals surface area contributed by atoms with Crippen LogP contribution in [0.3, 0.4) is 0 Å². The second kappa shape index (κ2) is 5.70. The third-order valence-corrected chi connectivity index (χ3v) is 4.03. The molecule has 1 heterocycles. The van der Waals surface area contributed by atoms with E-state index in [0.717, 1.165) is 27.0 Å². The van der Waals surface area contributed by atoms with Crippen molar-refractivity contribution < 1.29 is 4.79 Å². The van der Waals surface area contributed by atoms with Crippen molar-refractivity contribution in [2.75, 3.05) is 0 Å². The fourth-order valence-electron chi connectivity index (χ4n) is 2.22. The van der Waals surface area contributed by atoms with Gasteiger partial charge in [0.2, 0.25) is 0 Å². The maximum atomic E-state index is 11.9. The number of nitrogens with zero attached hydrogens (tertiary/aromatic N) is 2. The van der Waals surface area contributed by atoms with Gasteiger partial charge < -0.3 is 0 Å². The third kappa shape index (κ3) is 2.78. The van der Waals surface area contributed by atoms with Gasteiger partial charge in [0.1, 0.15) is 0 Å². The summed E-state index contributed by atoms with van der Waals surface area (Å²) in [5, 5.41) is 4.49. The summed E-state index contributed by atoms with van der Waals surface area (Å²) in [4.78, 5) is 11.9. The highest BCUT2D eigenvalue weighted by molar-refractivity contribution is 9.10. The summed E-state index contributed by atoms with van der Waals surface area (Å²) >= 11 is 3.54. The van der Waals surface area contributed by atoms with Gasteiger partial charge in [-0.1, -0.05) is 41.1 Å². The maximum Gasteiger partial charge on any atom is 0.166 e. The molecule has 0 atom stereocenters. The average molecular weight is 321 g/mol. The number of aryl methyl sites for hydroxylation is 1. The minimum atomic E-state index is 0.161. The fraction of sp³-hybridized carbons (Fsp3) is 0.333. The largest absolute Gasteiger partial charge is 0.294 e. The predicted octanol–water partition coefficient (Wildman–Crippen LogP) is 3.90. The van der Waals surface area contributed by atoms with Gasteiger partial charge in [0, 0.05) is 16.6 Å². The Labute approximate surface area is 121 Å². The first-order chi connectivity index (χ1) is 9.04. The Bertz CT molecular complexity index is 617. The summed E-state index contributed by atoms with van der Waals surface area (Å²) in [7, 11) is 0. The van der Waals surface area contributed by atoms with Gasteiger partial charge in [-0.15, -0.1) is 0 Å². The first-order valence-electron chi connectivity index (χ1n) is 6.35. The number of aromatic nitrogens is 2. The summed E-state index contributed by atoms with van der Waals surface area (Å²) in [5.41, 5.74) is 3.69. The molecule has 1 aromatic heterocycles. The first-order valence-corrected chi connectivity index (χ1v) is 7.14. The molecule has 0 saturated heterocycles. The van der Waals surface area contributed by atoms with Crippen LogP contribution in [0.2, 0.25) is 0 Å². The highest BCUT2D eigenvalue weighted by Gasteiger charge is 2.17. The smallest absolute Gasteiger partial charge is 0.166 e. The van der Waals surface area contributed by atoms with Gasteiger partial charge in [-0.3, -0.25) is 9.48 Å². The Morgan fingerprint density at radius 1 is 1.32 bits per heavy atom. The maximum absolute atomic E-state index is 11.9. The summed E-state index contributed by atoms with van der Waals surface area (Å²) in [6.45, 7) is 6.41. The van der Waals surface area contributed by atoms with Crippen LogP contribution in [-0.2, 0) is 6.54 Å². The van der Waals surface area contributed by atoms with Crippen molar-refractivity contribution in [3.63, 3.8) is 0 Å². The van der Waals surface area contributed by atoms with E-state index in [1.54, 1.807) is 0 Å². The van der Waals surface area contributed by atoms with Crippen molar-refractivity contribution in [3.8, 4) is 0 Å². The van der Waals surface area contributed by atoms with Crippen LogP contribution in [0.4, 0.5) is 0 Å². The zero-order valence-corrected chi connectivity index (χ0v) is 13.0. The molecule has 0 aliphatic rings. The molecule has 0 spiro atoms. The molecule has 0 aliphatic carbocycles. The number of Topliss-reactive ketones (excluding diaryl/α,β-unsaturated/α-hetero) is 1. The highest BCUT2D eigenvalue weighted by Crippen LogP contribution is 2.20. The molecule has 2 rings (SSSR count). The van der Waals surface area contributed by atoms with Crippen molar-refractivity contribution in [3.05, 3.63) is 51.3 Å². The number of carbonyl (C=O) groups excluding carboxylic acids is 1. The van der Waals surface area contributed by atoms with Crippen molar-refractivity contribution in [2.24, 2.45) is 0 Å². The summed E-state index contributed by atoms with van der Waals surface area (Å²) in [5.74, 6) is 0.161. The van der Waals surface area contributed by atoms with E-state index >= 15 is 0 Å². The summed E-state index contributed by atoms with van der Waals surface area (Å²) in [6, 6.07) is 8.06. The fourth-order valence-corrected chi connectivity index (χ4v) is 2.63. The van der Waals surface area contributed by atoms with Crippen LogP contribution in [0, 0.1) is 13.8 Å². The number of halogens is 1. The van der Waals surface area contributed by atoms with Gasteiger partial charge in [-0.25, -0.2) is 0 Å². The topological polar surface area (TPSA) is 34.9 Å². The quantitative estimate of drug-likeness (QED) is 0.801. The lowest BCUT2D eigenvalue weighted by Crippen LogP contribution is -2.06. The molecule has 0 N–H and O–H groups in total. The van der Waals surface area contributed by atoms with Gasteiger partial charge in [0.25, 0.3) is 0 Å². The minimum Gasteiger partial charge on any atom is -0.294 e. The zero-order chi connectivity index (χ0) is 14.0. The Balaban J connectivity index is 2.38. The average Bonchev–Trinajstić information content (AvgIpc) is 2.66. The lowest BCUT2D eigenvalue weighted by molar-refractivity contribution is 0.0987. The molecule has 0 amide bonds. The van der Waals surface area contributed by atoms with Crippen molar-refractivity contribution in [1.82, 2.24) is 9.78 Å². The number of hydrogen-bond acceptors (Lipinski definition) is 2. The molecule has 3 nitrogen and oxygen atoms in total. The van der Waals surface area contributed by atoms with Crippen LogP contribution in [0.1, 0.15) is 40.7 Å². The van der Waals surface area contributed by atoms with E-state index in [4.69, 9.17) is 0 Å². The molecule has 4 heteroatoms. The normalized spacial score (nSPS) is 10.7. The standard InChI is InChI=1S/C15H17BrN2O/c1-4-14(19)15-10(2)17-18(11(15)3)9-12-7-5-6-8-13(12)16/h5-8H,4,9H2,1-3H3. The Morgan fingerprint density at radius 2 is 2.00 bits per heavy atom.